The molecule has 0 aliphatic carbocycles. The van der Waals surface area contributed by atoms with E-state index in [9.17, 15) is 14.0 Å². The SMILES string of the molecule is Cc1cc(OCCCF)ccc1-c1cccc(COc2ccc(Cn3oc(=O)[n-]c3=O)cc2)c1C.[K+]. The van der Waals surface area contributed by atoms with Gasteiger partial charge in [0.25, 0.3) is 0 Å². The molecule has 0 N–H and O–H groups in total. The topological polar surface area (TPSA) is 84.8 Å². The van der Waals surface area contributed by atoms with Crippen molar-refractivity contribution >= 4 is 0 Å². The number of nitrogens with zero attached hydrogens (tertiary/aromatic N) is 2. The predicted molar refractivity (Wildman–Crippen MR) is 130 cm³/mol. The fourth-order valence-electron chi connectivity index (χ4n) is 3.81. The maximum absolute atomic E-state index is 12.3. The van der Waals surface area contributed by atoms with Crippen molar-refractivity contribution in [1.82, 2.24) is 9.72 Å². The third-order valence-electron chi connectivity index (χ3n) is 5.71. The zero-order chi connectivity index (χ0) is 24.8. The number of halogens is 1. The summed E-state index contributed by atoms with van der Waals surface area (Å²) < 4.78 is 29.6. The van der Waals surface area contributed by atoms with Crippen LogP contribution in [-0.4, -0.2) is 18.0 Å². The Labute approximate surface area is 250 Å². The molecule has 0 amide bonds. The number of hydrogen-bond donors (Lipinski definition) is 0. The largest absolute Gasteiger partial charge is 1.00 e. The Morgan fingerprint density at radius 2 is 1.69 bits per heavy atom. The third-order valence-corrected chi connectivity index (χ3v) is 5.71. The van der Waals surface area contributed by atoms with Gasteiger partial charge in [0, 0.05) is 13.0 Å². The average Bonchev–Trinajstić information content (AvgIpc) is 3.16. The van der Waals surface area contributed by atoms with Crippen molar-refractivity contribution in [3.05, 3.63) is 104 Å². The molecule has 0 spiro atoms. The summed E-state index contributed by atoms with van der Waals surface area (Å²) in [4.78, 5) is 25.8. The molecule has 0 aliphatic heterocycles. The number of hydrogen-bond acceptors (Lipinski definition) is 5. The predicted octanol–water partition coefficient (Wildman–Crippen LogP) is 1.41. The molecule has 0 saturated carbocycles. The van der Waals surface area contributed by atoms with Gasteiger partial charge in [-0.05, 0) is 71.5 Å². The summed E-state index contributed by atoms with van der Waals surface area (Å²) in [6.07, 6.45) is 0.383. The maximum atomic E-state index is 12.3. The number of rotatable bonds is 10. The monoisotopic (exact) mass is 516 g/mol. The van der Waals surface area contributed by atoms with Crippen LogP contribution in [0.15, 0.2) is 74.8 Å². The number of aromatic nitrogens is 2. The molecule has 0 saturated heterocycles. The van der Waals surface area contributed by atoms with E-state index in [1.807, 2.05) is 37.3 Å². The fraction of sp³-hybridized carbons (Fsp3) is 0.259. The van der Waals surface area contributed by atoms with Crippen LogP contribution in [0.5, 0.6) is 11.5 Å². The van der Waals surface area contributed by atoms with Gasteiger partial charge in [0.05, 0.1) is 13.3 Å². The minimum atomic E-state index is -0.902. The van der Waals surface area contributed by atoms with Crippen LogP contribution < -0.4 is 77.3 Å². The van der Waals surface area contributed by atoms with Crippen molar-refractivity contribution in [3.63, 3.8) is 0 Å². The van der Waals surface area contributed by atoms with Gasteiger partial charge in [-0.2, -0.15) is 0 Å². The van der Waals surface area contributed by atoms with Crippen LogP contribution in [0.25, 0.3) is 11.1 Å². The minimum absolute atomic E-state index is 0. The summed E-state index contributed by atoms with van der Waals surface area (Å²) in [5.41, 5.74) is 5.55. The van der Waals surface area contributed by atoms with Crippen LogP contribution in [-0.2, 0) is 13.2 Å². The molecular formula is C27H26FKN2O5. The number of ether oxygens (including phenoxy) is 2. The molecule has 182 valence electrons. The third kappa shape index (κ3) is 7.07. The van der Waals surface area contributed by atoms with E-state index in [-0.39, 0.29) is 64.6 Å². The fourth-order valence-corrected chi connectivity index (χ4v) is 3.81. The Kier molecular flexibility index (Phi) is 10.3. The number of aryl methyl sites for hydroxylation is 1. The standard InChI is InChI=1S/C27H27FN2O5.K/c1-18-15-23(33-14-4-13-28)11-12-24(18)25-6-3-5-21(19(25)2)17-34-22-9-7-20(8-10-22)16-30-26(31)29-27(32)35-30;/h3,5-12,15H,4,13-14,16-17H2,1-2H3,(H,29,31,32);/q;+1/p-1. The number of alkyl halides is 1. The van der Waals surface area contributed by atoms with E-state index < -0.39 is 11.4 Å². The Bertz CT molecular complexity index is 1410. The molecule has 0 fully saturated rings. The van der Waals surface area contributed by atoms with Crippen LogP contribution >= 0.6 is 0 Å². The molecule has 4 rings (SSSR count). The van der Waals surface area contributed by atoms with Crippen molar-refractivity contribution in [2.45, 2.75) is 33.4 Å². The molecule has 0 radical (unpaired) electrons. The van der Waals surface area contributed by atoms with Crippen molar-refractivity contribution in [1.29, 1.82) is 0 Å². The summed E-state index contributed by atoms with van der Waals surface area (Å²) in [5.74, 6) is 0.515. The van der Waals surface area contributed by atoms with Gasteiger partial charge in [-0.25, -0.2) is 4.79 Å². The number of benzene rings is 3. The van der Waals surface area contributed by atoms with E-state index >= 15 is 0 Å². The zero-order valence-corrected chi connectivity index (χ0v) is 23.7. The summed E-state index contributed by atoms with van der Waals surface area (Å²) in [5, 5.41) is 0. The van der Waals surface area contributed by atoms with E-state index in [4.69, 9.17) is 14.0 Å². The zero-order valence-electron chi connectivity index (χ0n) is 20.6. The molecular weight excluding hydrogens is 490 g/mol. The molecule has 9 heteroatoms. The van der Waals surface area contributed by atoms with Gasteiger partial charge in [-0.3, -0.25) is 13.9 Å². The molecule has 4 aromatic rings. The van der Waals surface area contributed by atoms with Gasteiger partial charge in [0.1, 0.15) is 18.1 Å². The summed E-state index contributed by atoms with van der Waals surface area (Å²) >= 11 is 0. The Balaban J connectivity index is 0.00000361. The summed E-state index contributed by atoms with van der Waals surface area (Å²) in [6.45, 7) is 4.59. The van der Waals surface area contributed by atoms with Crippen molar-refractivity contribution in [2.24, 2.45) is 0 Å². The van der Waals surface area contributed by atoms with Gasteiger partial charge in [0.2, 0.25) is 0 Å². The van der Waals surface area contributed by atoms with E-state index in [1.165, 1.54) is 0 Å². The van der Waals surface area contributed by atoms with Crippen LogP contribution in [0.4, 0.5) is 4.39 Å². The second kappa shape index (κ2) is 13.2. The molecule has 0 unspecified atom stereocenters. The summed E-state index contributed by atoms with van der Waals surface area (Å²) in [7, 11) is 0. The second-order valence-corrected chi connectivity index (χ2v) is 8.18. The smallest absolute Gasteiger partial charge is 0.493 e. The first-order valence-electron chi connectivity index (χ1n) is 11.3. The molecule has 0 aliphatic rings. The molecule has 36 heavy (non-hydrogen) atoms. The van der Waals surface area contributed by atoms with Crippen LogP contribution in [0.3, 0.4) is 0 Å². The van der Waals surface area contributed by atoms with Crippen LogP contribution in [0.2, 0.25) is 0 Å². The second-order valence-electron chi connectivity index (χ2n) is 8.18. The maximum Gasteiger partial charge on any atom is 1.00 e. The van der Waals surface area contributed by atoms with E-state index in [2.05, 4.69) is 18.0 Å². The molecule has 0 atom stereocenters. The minimum Gasteiger partial charge on any atom is -0.493 e. The van der Waals surface area contributed by atoms with E-state index in [0.717, 1.165) is 43.9 Å². The van der Waals surface area contributed by atoms with Crippen molar-refractivity contribution in [2.75, 3.05) is 13.3 Å². The van der Waals surface area contributed by atoms with Gasteiger partial charge in [-0.1, -0.05) is 36.4 Å². The molecule has 3 aromatic carbocycles. The van der Waals surface area contributed by atoms with E-state index in [0.29, 0.717) is 25.4 Å². The molecule has 1 aromatic heterocycles. The normalized spacial score (nSPS) is 10.6. The first-order valence-corrected chi connectivity index (χ1v) is 11.3. The Hall–Kier alpha value is -2.43. The van der Waals surface area contributed by atoms with Crippen LogP contribution in [0.1, 0.15) is 28.7 Å². The Morgan fingerprint density at radius 1 is 0.944 bits per heavy atom. The quantitative estimate of drug-likeness (QED) is 0.234. The Morgan fingerprint density at radius 3 is 2.36 bits per heavy atom. The molecule has 1 heterocycles. The first kappa shape index (κ1) is 28.1. The molecule has 0 bridgehead atoms. The molecule has 7 nitrogen and oxygen atoms in total. The van der Waals surface area contributed by atoms with E-state index in [1.54, 1.807) is 24.3 Å². The van der Waals surface area contributed by atoms with Crippen molar-refractivity contribution < 1.29 is 69.8 Å². The van der Waals surface area contributed by atoms with Gasteiger partial charge in [-0.15, -0.1) is 0 Å². The van der Waals surface area contributed by atoms with Gasteiger partial charge >= 0.3 is 57.1 Å². The summed E-state index contributed by atoms with van der Waals surface area (Å²) in [6, 6.07) is 19.3. The first-order chi connectivity index (χ1) is 16.9. The van der Waals surface area contributed by atoms with Gasteiger partial charge in [0.15, 0.2) is 5.69 Å². The van der Waals surface area contributed by atoms with Crippen molar-refractivity contribution in [3.8, 4) is 22.6 Å². The van der Waals surface area contributed by atoms with Gasteiger partial charge < -0.3 is 19.0 Å². The average molecular weight is 517 g/mol. The van der Waals surface area contributed by atoms with Crippen LogP contribution in [0, 0.1) is 13.8 Å².